The van der Waals surface area contributed by atoms with E-state index in [1.807, 2.05) is 0 Å². The van der Waals surface area contributed by atoms with Crippen LogP contribution in [0.5, 0.6) is 0 Å². The van der Waals surface area contributed by atoms with E-state index in [0.29, 0.717) is 12.6 Å². The third-order valence-corrected chi connectivity index (χ3v) is 2.87. The maximum absolute atomic E-state index is 11.7. The van der Waals surface area contributed by atoms with Gasteiger partial charge in [-0.3, -0.25) is 9.78 Å². The highest BCUT2D eigenvalue weighted by atomic mass is 35.5. The van der Waals surface area contributed by atoms with Gasteiger partial charge in [0.1, 0.15) is 10.8 Å². The van der Waals surface area contributed by atoms with Gasteiger partial charge in [0.05, 0.1) is 12.4 Å². The van der Waals surface area contributed by atoms with E-state index in [4.69, 9.17) is 11.6 Å². The van der Waals surface area contributed by atoms with Gasteiger partial charge in [0.15, 0.2) is 0 Å². The highest BCUT2D eigenvalue weighted by molar-refractivity contribution is 6.29. The van der Waals surface area contributed by atoms with Crippen LogP contribution >= 0.6 is 11.6 Å². The zero-order valence-electron chi connectivity index (χ0n) is 11.0. The van der Waals surface area contributed by atoms with Crippen LogP contribution in [0.15, 0.2) is 12.4 Å². The summed E-state index contributed by atoms with van der Waals surface area (Å²) >= 11 is 5.67. The van der Waals surface area contributed by atoms with Crippen LogP contribution in [0.1, 0.15) is 30.8 Å². The third-order valence-electron chi connectivity index (χ3n) is 2.69. The molecule has 1 amide bonds. The molecule has 1 aromatic rings. The van der Waals surface area contributed by atoms with Gasteiger partial charge >= 0.3 is 0 Å². The molecule has 18 heavy (non-hydrogen) atoms. The average molecular weight is 271 g/mol. The molecule has 1 heterocycles. The standard InChI is InChI=1S/C12H19ClN4O/c1-9(2)17(3)6-4-5-15-12(18)10-7-14-8-11(13)16-10/h7-9H,4-6H2,1-3H3,(H,15,18). The first kappa shape index (κ1) is 14.9. The molecule has 1 aromatic heterocycles. The zero-order valence-corrected chi connectivity index (χ0v) is 11.7. The number of amides is 1. The molecule has 6 heteroatoms. The van der Waals surface area contributed by atoms with E-state index in [0.717, 1.165) is 13.0 Å². The number of nitrogens with zero attached hydrogens (tertiary/aromatic N) is 3. The monoisotopic (exact) mass is 270 g/mol. The van der Waals surface area contributed by atoms with Crippen molar-refractivity contribution in [2.75, 3.05) is 20.1 Å². The van der Waals surface area contributed by atoms with Crippen LogP contribution in [0.3, 0.4) is 0 Å². The fraction of sp³-hybridized carbons (Fsp3) is 0.583. The Morgan fingerprint density at radius 1 is 1.50 bits per heavy atom. The van der Waals surface area contributed by atoms with Crippen molar-refractivity contribution in [3.63, 3.8) is 0 Å². The van der Waals surface area contributed by atoms with Gasteiger partial charge in [-0.15, -0.1) is 0 Å². The first-order valence-corrected chi connectivity index (χ1v) is 6.34. The van der Waals surface area contributed by atoms with E-state index in [1.165, 1.54) is 12.4 Å². The Balaban J connectivity index is 2.30. The van der Waals surface area contributed by atoms with E-state index in [9.17, 15) is 4.79 Å². The first-order chi connectivity index (χ1) is 8.50. The number of halogens is 1. The summed E-state index contributed by atoms with van der Waals surface area (Å²) in [5, 5.41) is 3.02. The SMILES string of the molecule is CC(C)N(C)CCCNC(=O)c1cncc(Cl)n1. The quantitative estimate of drug-likeness (QED) is 0.798. The van der Waals surface area contributed by atoms with Crippen molar-refractivity contribution in [1.82, 2.24) is 20.2 Å². The van der Waals surface area contributed by atoms with Gasteiger partial charge in [0, 0.05) is 12.6 Å². The van der Waals surface area contributed by atoms with Crippen LogP contribution in [0.2, 0.25) is 5.15 Å². The van der Waals surface area contributed by atoms with Crippen molar-refractivity contribution in [3.8, 4) is 0 Å². The summed E-state index contributed by atoms with van der Waals surface area (Å²) in [5.41, 5.74) is 0.250. The van der Waals surface area contributed by atoms with E-state index in [-0.39, 0.29) is 16.8 Å². The highest BCUT2D eigenvalue weighted by Gasteiger charge is 2.08. The molecule has 0 saturated heterocycles. The second-order valence-corrected chi connectivity index (χ2v) is 4.80. The van der Waals surface area contributed by atoms with Crippen LogP contribution in [0, 0.1) is 0 Å². The summed E-state index contributed by atoms with van der Waals surface area (Å²) < 4.78 is 0. The summed E-state index contributed by atoms with van der Waals surface area (Å²) in [6, 6.07) is 0.513. The third kappa shape index (κ3) is 4.98. The minimum atomic E-state index is -0.239. The number of aromatic nitrogens is 2. The maximum atomic E-state index is 11.7. The number of hydrogen-bond acceptors (Lipinski definition) is 4. The average Bonchev–Trinajstić information content (AvgIpc) is 2.33. The largest absolute Gasteiger partial charge is 0.351 e. The molecule has 0 aliphatic carbocycles. The lowest BCUT2D eigenvalue weighted by atomic mass is 10.3. The van der Waals surface area contributed by atoms with Crippen LogP contribution in [-0.4, -0.2) is 47.0 Å². The molecule has 0 spiro atoms. The van der Waals surface area contributed by atoms with Crippen LogP contribution in [-0.2, 0) is 0 Å². The lowest BCUT2D eigenvalue weighted by Gasteiger charge is -2.20. The zero-order chi connectivity index (χ0) is 13.5. The van der Waals surface area contributed by atoms with E-state index < -0.39 is 0 Å². The number of hydrogen-bond donors (Lipinski definition) is 1. The summed E-state index contributed by atoms with van der Waals surface area (Å²) in [4.78, 5) is 21.6. The van der Waals surface area contributed by atoms with Gasteiger partial charge in [0.25, 0.3) is 5.91 Å². The van der Waals surface area contributed by atoms with Gasteiger partial charge in [-0.25, -0.2) is 4.98 Å². The van der Waals surface area contributed by atoms with Crippen LogP contribution in [0.4, 0.5) is 0 Å². The first-order valence-electron chi connectivity index (χ1n) is 5.96. The fourth-order valence-corrected chi connectivity index (χ4v) is 1.48. The molecule has 1 N–H and O–H groups in total. The van der Waals surface area contributed by atoms with Gasteiger partial charge in [-0.2, -0.15) is 0 Å². The van der Waals surface area contributed by atoms with Crippen molar-refractivity contribution in [3.05, 3.63) is 23.2 Å². The number of nitrogens with one attached hydrogen (secondary N) is 1. The fourth-order valence-electron chi connectivity index (χ4n) is 1.33. The maximum Gasteiger partial charge on any atom is 0.271 e. The summed E-state index contributed by atoms with van der Waals surface area (Å²) in [6.07, 6.45) is 3.70. The molecule has 0 radical (unpaired) electrons. The molecule has 0 unspecified atom stereocenters. The molecule has 1 rings (SSSR count). The molecule has 0 aliphatic rings. The predicted molar refractivity (Wildman–Crippen MR) is 71.8 cm³/mol. The number of carbonyl (C=O) groups excluding carboxylic acids is 1. The minimum absolute atomic E-state index is 0.224. The molecule has 100 valence electrons. The molecule has 0 aliphatic heterocycles. The van der Waals surface area contributed by atoms with Crippen molar-refractivity contribution in [2.24, 2.45) is 0 Å². The van der Waals surface area contributed by atoms with E-state index in [2.05, 4.69) is 41.1 Å². The van der Waals surface area contributed by atoms with Crippen molar-refractivity contribution in [1.29, 1.82) is 0 Å². The molecule has 0 saturated carbocycles. The summed E-state index contributed by atoms with van der Waals surface area (Å²) in [5.74, 6) is -0.239. The lowest BCUT2D eigenvalue weighted by Crippen LogP contribution is -2.31. The van der Waals surface area contributed by atoms with E-state index >= 15 is 0 Å². The van der Waals surface area contributed by atoms with Crippen LogP contribution in [0.25, 0.3) is 0 Å². The second kappa shape index (κ2) is 7.28. The van der Waals surface area contributed by atoms with Crippen LogP contribution < -0.4 is 5.32 Å². The smallest absolute Gasteiger partial charge is 0.271 e. The predicted octanol–water partition coefficient (Wildman–Crippen LogP) is 1.59. The van der Waals surface area contributed by atoms with Gasteiger partial charge in [0.2, 0.25) is 0 Å². The summed E-state index contributed by atoms with van der Waals surface area (Å²) in [7, 11) is 2.06. The van der Waals surface area contributed by atoms with Crippen molar-refractivity contribution < 1.29 is 4.79 Å². The lowest BCUT2D eigenvalue weighted by molar-refractivity contribution is 0.0946. The number of carbonyl (C=O) groups is 1. The molecule has 5 nitrogen and oxygen atoms in total. The Morgan fingerprint density at radius 3 is 2.83 bits per heavy atom. The molecule has 0 bridgehead atoms. The second-order valence-electron chi connectivity index (χ2n) is 4.41. The molecule has 0 fully saturated rings. The summed E-state index contributed by atoms with van der Waals surface area (Å²) in [6.45, 7) is 5.84. The number of rotatable bonds is 6. The van der Waals surface area contributed by atoms with Crippen molar-refractivity contribution >= 4 is 17.5 Å². The van der Waals surface area contributed by atoms with Gasteiger partial charge in [-0.05, 0) is 33.9 Å². The highest BCUT2D eigenvalue weighted by Crippen LogP contribution is 2.02. The van der Waals surface area contributed by atoms with E-state index in [1.54, 1.807) is 0 Å². The Morgan fingerprint density at radius 2 is 2.22 bits per heavy atom. The minimum Gasteiger partial charge on any atom is -0.351 e. The topological polar surface area (TPSA) is 58.1 Å². The molecule has 0 atom stereocenters. The molecular formula is C12H19ClN4O. The molecular weight excluding hydrogens is 252 g/mol. The Kier molecular flexibility index (Phi) is 6.01. The molecule has 0 aromatic carbocycles. The van der Waals surface area contributed by atoms with Crippen molar-refractivity contribution in [2.45, 2.75) is 26.3 Å². The Bertz CT molecular complexity index is 397. The Labute approximate surface area is 113 Å². The normalized spacial score (nSPS) is 11.0. The van der Waals surface area contributed by atoms with Gasteiger partial charge < -0.3 is 10.2 Å². The Hall–Kier alpha value is -1.20. The van der Waals surface area contributed by atoms with Gasteiger partial charge in [-0.1, -0.05) is 11.6 Å².